The second-order valence-corrected chi connectivity index (χ2v) is 7.28. The quantitative estimate of drug-likeness (QED) is 0.554. The van der Waals surface area contributed by atoms with Crippen molar-refractivity contribution in [1.82, 2.24) is 9.55 Å². The molecule has 0 spiro atoms. The second-order valence-electron chi connectivity index (χ2n) is 6.22. The highest BCUT2D eigenvalue weighted by molar-refractivity contribution is 7.09. The Morgan fingerprint density at radius 3 is 2.68 bits per heavy atom. The van der Waals surface area contributed by atoms with Crippen LogP contribution >= 0.6 is 11.3 Å². The van der Waals surface area contributed by atoms with Crippen LogP contribution in [0.4, 0.5) is 5.69 Å². The summed E-state index contributed by atoms with van der Waals surface area (Å²) in [7, 11) is 0. The Labute approximate surface area is 165 Å². The lowest BCUT2D eigenvalue weighted by atomic mass is 10.1. The first-order valence-electron chi connectivity index (χ1n) is 8.66. The van der Waals surface area contributed by atoms with E-state index in [2.05, 4.69) is 10.3 Å². The van der Waals surface area contributed by atoms with E-state index in [1.165, 1.54) is 10.6 Å². The monoisotopic (exact) mass is 391 g/mol. The molecule has 0 bridgehead atoms. The molecule has 0 atom stereocenters. The summed E-state index contributed by atoms with van der Waals surface area (Å²) >= 11 is 1.60. The predicted octanol–water partition coefficient (Wildman–Crippen LogP) is 4.17. The van der Waals surface area contributed by atoms with E-state index in [0.717, 1.165) is 16.3 Å². The van der Waals surface area contributed by atoms with Crippen molar-refractivity contribution in [2.24, 2.45) is 0 Å². The van der Waals surface area contributed by atoms with E-state index in [9.17, 15) is 9.59 Å². The summed E-state index contributed by atoms with van der Waals surface area (Å²) in [6.45, 7) is 2.24. The molecule has 0 saturated carbocycles. The van der Waals surface area contributed by atoms with Gasteiger partial charge in [0.25, 0.3) is 11.5 Å². The summed E-state index contributed by atoms with van der Waals surface area (Å²) in [5.74, 6) is 0.384. The van der Waals surface area contributed by atoms with Crippen molar-refractivity contribution in [1.29, 1.82) is 0 Å². The number of pyridine rings is 1. The second kappa shape index (κ2) is 7.66. The van der Waals surface area contributed by atoms with Gasteiger partial charge in [0.15, 0.2) is 5.76 Å². The molecular formula is C21H17N3O3S. The molecule has 0 aliphatic rings. The van der Waals surface area contributed by atoms with Crippen LogP contribution in [0.2, 0.25) is 0 Å². The molecule has 1 aromatic carbocycles. The molecule has 28 heavy (non-hydrogen) atoms. The first-order chi connectivity index (χ1) is 13.6. The fraction of sp³-hybridized carbons (Fsp3) is 0.0952. The van der Waals surface area contributed by atoms with Crippen molar-refractivity contribution < 1.29 is 9.21 Å². The van der Waals surface area contributed by atoms with Gasteiger partial charge >= 0.3 is 0 Å². The number of anilines is 1. The van der Waals surface area contributed by atoms with E-state index >= 15 is 0 Å². The molecule has 0 aliphatic carbocycles. The molecule has 0 unspecified atom stereocenters. The molecule has 0 aliphatic heterocycles. The lowest BCUT2D eigenvalue weighted by Gasteiger charge is -2.05. The first kappa shape index (κ1) is 17.9. The van der Waals surface area contributed by atoms with Gasteiger partial charge in [0.05, 0.1) is 17.2 Å². The highest BCUT2D eigenvalue weighted by atomic mass is 32.1. The summed E-state index contributed by atoms with van der Waals surface area (Å²) in [5, 5.41) is 5.83. The molecule has 4 aromatic rings. The molecule has 6 nitrogen and oxygen atoms in total. The molecule has 4 rings (SSSR count). The minimum absolute atomic E-state index is 0.125. The van der Waals surface area contributed by atoms with Crippen molar-refractivity contribution in [2.45, 2.75) is 13.5 Å². The van der Waals surface area contributed by atoms with Crippen LogP contribution in [0.5, 0.6) is 0 Å². The van der Waals surface area contributed by atoms with E-state index < -0.39 is 0 Å². The molecule has 0 fully saturated rings. The van der Waals surface area contributed by atoms with Gasteiger partial charge < -0.3 is 14.3 Å². The third-order valence-electron chi connectivity index (χ3n) is 4.17. The fourth-order valence-corrected chi connectivity index (χ4v) is 3.38. The van der Waals surface area contributed by atoms with Crippen LogP contribution in [0.25, 0.3) is 11.3 Å². The summed E-state index contributed by atoms with van der Waals surface area (Å²) < 4.78 is 7.11. The SMILES string of the molecule is Cc1nc(-c2ccc(NC(=O)c3ccc(Cn4ccccc4=O)o3)cc2)cs1. The van der Waals surface area contributed by atoms with Gasteiger partial charge in [-0.15, -0.1) is 11.3 Å². The van der Waals surface area contributed by atoms with Crippen molar-refractivity contribution in [3.05, 3.63) is 93.1 Å². The lowest BCUT2D eigenvalue weighted by molar-refractivity contribution is 0.0994. The normalized spacial score (nSPS) is 10.8. The van der Waals surface area contributed by atoms with Crippen molar-refractivity contribution in [2.75, 3.05) is 5.32 Å². The number of benzene rings is 1. The number of carbonyl (C=O) groups excluding carboxylic acids is 1. The minimum atomic E-state index is -0.344. The molecule has 1 amide bonds. The van der Waals surface area contributed by atoms with Crippen molar-refractivity contribution in [3.8, 4) is 11.3 Å². The molecule has 0 saturated heterocycles. The zero-order chi connectivity index (χ0) is 19.5. The highest BCUT2D eigenvalue weighted by Gasteiger charge is 2.12. The Bertz CT molecular complexity index is 1170. The van der Waals surface area contributed by atoms with Gasteiger partial charge in [-0.25, -0.2) is 4.98 Å². The summed E-state index contributed by atoms with van der Waals surface area (Å²) in [5.41, 5.74) is 2.46. The number of furan rings is 1. The molecule has 0 radical (unpaired) electrons. The first-order valence-corrected chi connectivity index (χ1v) is 9.54. The molecule has 3 aromatic heterocycles. The molecule has 7 heteroatoms. The standard InChI is InChI=1S/C21H17N3O3S/c1-14-22-18(13-28-14)15-5-7-16(8-6-15)23-21(26)19-10-9-17(27-19)12-24-11-3-2-4-20(24)25/h2-11,13H,12H2,1H3,(H,23,26). The summed E-state index contributed by atoms with van der Waals surface area (Å²) in [6.07, 6.45) is 1.68. The van der Waals surface area contributed by atoms with Crippen LogP contribution < -0.4 is 10.9 Å². The number of hydrogen-bond donors (Lipinski definition) is 1. The van der Waals surface area contributed by atoms with Crippen molar-refractivity contribution in [3.63, 3.8) is 0 Å². The maximum absolute atomic E-state index is 12.4. The summed E-state index contributed by atoms with van der Waals surface area (Å²) in [4.78, 5) is 28.7. The average Bonchev–Trinajstić information content (AvgIpc) is 3.33. The van der Waals surface area contributed by atoms with Crippen molar-refractivity contribution >= 4 is 22.9 Å². The Morgan fingerprint density at radius 1 is 1.14 bits per heavy atom. The van der Waals surface area contributed by atoms with E-state index in [-0.39, 0.29) is 23.8 Å². The third-order valence-corrected chi connectivity index (χ3v) is 4.94. The number of thiazole rings is 1. The maximum Gasteiger partial charge on any atom is 0.291 e. The van der Waals surface area contributed by atoms with Gasteiger partial charge in [-0.3, -0.25) is 9.59 Å². The van der Waals surface area contributed by atoms with Gasteiger partial charge in [0.1, 0.15) is 5.76 Å². The topological polar surface area (TPSA) is 77.1 Å². The smallest absolute Gasteiger partial charge is 0.291 e. The number of rotatable bonds is 5. The van der Waals surface area contributed by atoms with Gasteiger partial charge in [0.2, 0.25) is 0 Å². The molecule has 3 heterocycles. The van der Waals surface area contributed by atoms with E-state index in [1.807, 2.05) is 36.6 Å². The molecular weight excluding hydrogens is 374 g/mol. The van der Waals surface area contributed by atoms with Crippen LogP contribution in [0.15, 0.2) is 75.4 Å². The van der Waals surface area contributed by atoms with E-state index in [0.29, 0.717) is 11.4 Å². The minimum Gasteiger partial charge on any atom is -0.454 e. The van der Waals surface area contributed by atoms with Gasteiger partial charge in [-0.05, 0) is 37.3 Å². The Kier molecular flexibility index (Phi) is 4.90. The summed E-state index contributed by atoms with van der Waals surface area (Å²) in [6, 6.07) is 15.7. The van der Waals surface area contributed by atoms with E-state index in [4.69, 9.17) is 4.42 Å². The fourth-order valence-electron chi connectivity index (χ4n) is 2.76. The van der Waals surface area contributed by atoms with Crippen LogP contribution in [0.1, 0.15) is 21.3 Å². The van der Waals surface area contributed by atoms with Crippen LogP contribution in [0.3, 0.4) is 0 Å². The van der Waals surface area contributed by atoms with Gasteiger partial charge in [-0.1, -0.05) is 18.2 Å². The van der Waals surface area contributed by atoms with Crippen LogP contribution in [-0.4, -0.2) is 15.5 Å². The zero-order valence-electron chi connectivity index (χ0n) is 15.1. The number of aryl methyl sites for hydroxylation is 1. The average molecular weight is 391 g/mol. The number of amides is 1. The maximum atomic E-state index is 12.4. The number of hydrogen-bond acceptors (Lipinski definition) is 5. The number of carbonyl (C=O) groups is 1. The van der Waals surface area contributed by atoms with Crippen LogP contribution in [-0.2, 0) is 6.54 Å². The molecule has 140 valence electrons. The highest BCUT2D eigenvalue weighted by Crippen LogP contribution is 2.23. The van der Waals surface area contributed by atoms with Gasteiger partial charge in [0, 0.05) is 28.9 Å². The Hall–Kier alpha value is -3.45. The van der Waals surface area contributed by atoms with E-state index in [1.54, 1.807) is 41.8 Å². The number of nitrogens with one attached hydrogen (secondary N) is 1. The number of nitrogens with zero attached hydrogens (tertiary/aromatic N) is 2. The lowest BCUT2D eigenvalue weighted by Crippen LogP contribution is -2.18. The predicted molar refractivity (Wildman–Crippen MR) is 109 cm³/mol. The van der Waals surface area contributed by atoms with Gasteiger partial charge in [-0.2, -0.15) is 0 Å². The largest absolute Gasteiger partial charge is 0.454 e. The Morgan fingerprint density at radius 2 is 1.96 bits per heavy atom. The number of aromatic nitrogens is 2. The van der Waals surface area contributed by atoms with Crippen LogP contribution in [0, 0.1) is 6.92 Å². The molecule has 1 N–H and O–H groups in total. The zero-order valence-corrected chi connectivity index (χ0v) is 15.9. The third kappa shape index (κ3) is 3.94. The Balaban J connectivity index is 1.43.